The van der Waals surface area contributed by atoms with Crippen molar-refractivity contribution < 1.29 is 24.2 Å². The van der Waals surface area contributed by atoms with E-state index >= 15 is 0 Å². The van der Waals surface area contributed by atoms with Crippen molar-refractivity contribution in [3.05, 3.63) is 59.7 Å². The normalized spacial score (nSPS) is 17.2. The molecule has 4 rings (SSSR count). The molecule has 2 amide bonds. The first-order chi connectivity index (χ1) is 16.4. The molecule has 7 nitrogen and oxygen atoms in total. The summed E-state index contributed by atoms with van der Waals surface area (Å²) in [6.07, 6.45) is 3.00. The zero-order valence-electron chi connectivity index (χ0n) is 19.8. The second kappa shape index (κ2) is 9.87. The molecule has 0 spiro atoms. The van der Waals surface area contributed by atoms with Gasteiger partial charge in [0.1, 0.15) is 18.2 Å². The Morgan fingerprint density at radius 3 is 2.12 bits per heavy atom. The van der Waals surface area contributed by atoms with Crippen molar-refractivity contribution in [2.75, 3.05) is 13.7 Å². The van der Waals surface area contributed by atoms with Crippen LogP contribution >= 0.6 is 0 Å². The number of hydrogen-bond acceptors (Lipinski definition) is 4. The van der Waals surface area contributed by atoms with Gasteiger partial charge in [-0.25, -0.2) is 9.59 Å². The number of benzene rings is 2. The highest BCUT2D eigenvalue weighted by atomic mass is 16.5. The molecule has 7 heteroatoms. The fourth-order valence-electron chi connectivity index (χ4n) is 5.39. The van der Waals surface area contributed by atoms with Gasteiger partial charge in [0.2, 0.25) is 5.91 Å². The van der Waals surface area contributed by atoms with Gasteiger partial charge in [0.15, 0.2) is 0 Å². The quantitative estimate of drug-likeness (QED) is 0.627. The lowest BCUT2D eigenvalue weighted by Gasteiger charge is -2.42. The molecule has 2 aromatic carbocycles. The molecule has 1 unspecified atom stereocenters. The summed E-state index contributed by atoms with van der Waals surface area (Å²) in [7, 11) is 1.53. The molecule has 0 bridgehead atoms. The van der Waals surface area contributed by atoms with Crippen molar-refractivity contribution in [1.82, 2.24) is 10.2 Å². The average molecular weight is 465 g/mol. The van der Waals surface area contributed by atoms with Gasteiger partial charge in [0.05, 0.1) is 0 Å². The molecule has 0 radical (unpaired) electrons. The lowest BCUT2D eigenvalue weighted by Crippen LogP contribution is -2.60. The number of amides is 2. The zero-order chi connectivity index (χ0) is 24.3. The number of nitrogens with zero attached hydrogens (tertiary/aromatic N) is 1. The monoisotopic (exact) mass is 464 g/mol. The lowest BCUT2D eigenvalue weighted by molar-refractivity contribution is -0.161. The molecule has 2 aromatic rings. The van der Waals surface area contributed by atoms with Gasteiger partial charge in [-0.3, -0.25) is 4.79 Å². The van der Waals surface area contributed by atoms with Crippen LogP contribution in [0, 0.1) is 0 Å². The van der Waals surface area contributed by atoms with Gasteiger partial charge in [0.25, 0.3) is 0 Å². The minimum absolute atomic E-state index is 0.0749. The van der Waals surface area contributed by atoms with E-state index in [0.717, 1.165) is 41.5 Å². The minimum atomic E-state index is -1.22. The van der Waals surface area contributed by atoms with E-state index < -0.39 is 29.6 Å². The van der Waals surface area contributed by atoms with E-state index in [1.165, 1.54) is 11.9 Å². The van der Waals surface area contributed by atoms with Gasteiger partial charge >= 0.3 is 12.1 Å². The van der Waals surface area contributed by atoms with Gasteiger partial charge in [-0.2, -0.15) is 0 Å². The van der Waals surface area contributed by atoms with E-state index in [2.05, 4.69) is 17.4 Å². The number of hydrogen-bond donors (Lipinski definition) is 2. The molecule has 0 aromatic heterocycles. The van der Waals surface area contributed by atoms with Crippen LogP contribution in [0.15, 0.2) is 48.5 Å². The standard InChI is InChI=1S/C27H32N2O5/c1-3-23(24(30)29(2)27(25(31)32)15-9-4-10-16-27)28-26(33)34-17-22-20-13-7-5-11-18(20)19-12-6-8-14-21(19)22/h5-8,11-14,22-23H,3-4,9-10,15-17H2,1-2H3,(H,28,33)(H,31,32). The molecule has 1 atom stereocenters. The Kier molecular flexibility index (Phi) is 6.91. The number of carboxylic acid groups (broad SMARTS) is 1. The van der Waals surface area contributed by atoms with E-state index in [1.54, 1.807) is 6.92 Å². The fourth-order valence-corrected chi connectivity index (χ4v) is 5.39. The maximum absolute atomic E-state index is 13.2. The van der Waals surface area contributed by atoms with Crippen molar-refractivity contribution >= 4 is 18.0 Å². The van der Waals surface area contributed by atoms with Crippen molar-refractivity contribution in [3.8, 4) is 11.1 Å². The SMILES string of the molecule is CCC(NC(=O)OCC1c2ccccc2-c2ccccc21)C(=O)N(C)C1(C(=O)O)CCCCC1. The number of carboxylic acids is 1. The van der Waals surface area contributed by atoms with Crippen molar-refractivity contribution in [2.45, 2.75) is 62.9 Å². The highest BCUT2D eigenvalue weighted by molar-refractivity contribution is 5.91. The maximum Gasteiger partial charge on any atom is 0.407 e. The third-order valence-electron chi connectivity index (χ3n) is 7.39. The molecule has 1 saturated carbocycles. The first kappa shape index (κ1) is 23.8. The number of alkyl carbamates (subject to hydrolysis) is 1. The third kappa shape index (κ3) is 4.27. The Bertz CT molecular complexity index is 1030. The molecule has 1 fully saturated rings. The van der Waals surface area contributed by atoms with E-state index in [-0.39, 0.29) is 12.5 Å². The molecule has 2 aliphatic rings. The molecule has 2 N–H and O–H groups in total. The Morgan fingerprint density at radius 1 is 1.03 bits per heavy atom. The predicted molar refractivity (Wildman–Crippen MR) is 129 cm³/mol. The summed E-state index contributed by atoms with van der Waals surface area (Å²) in [6.45, 7) is 1.94. The van der Waals surface area contributed by atoms with Crippen molar-refractivity contribution in [3.63, 3.8) is 0 Å². The highest BCUT2D eigenvalue weighted by Gasteiger charge is 2.46. The summed E-state index contributed by atoms with van der Waals surface area (Å²) < 4.78 is 5.58. The Balaban J connectivity index is 1.42. The number of likely N-dealkylation sites (N-methyl/N-ethyl adjacent to an activating group) is 1. The Morgan fingerprint density at radius 2 is 1.59 bits per heavy atom. The molecule has 34 heavy (non-hydrogen) atoms. The van der Waals surface area contributed by atoms with Crippen LogP contribution in [-0.2, 0) is 14.3 Å². The topological polar surface area (TPSA) is 95.9 Å². The van der Waals surface area contributed by atoms with Crippen LogP contribution in [0.4, 0.5) is 4.79 Å². The first-order valence-corrected chi connectivity index (χ1v) is 12.0. The largest absolute Gasteiger partial charge is 0.479 e. The fraction of sp³-hybridized carbons (Fsp3) is 0.444. The zero-order valence-corrected chi connectivity index (χ0v) is 19.8. The number of carbonyl (C=O) groups excluding carboxylic acids is 2. The smallest absolute Gasteiger partial charge is 0.407 e. The number of ether oxygens (including phenoxy) is 1. The Labute approximate surface area is 200 Å². The van der Waals surface area contributed by atoms with Crippen molar-refractivity contribution in [2.24, 2.45) is 0 Å². The number of rotatable bonds is 7. The summed E-state index contributed by atoms with van der Waals surface area (Å²) >= 11 is 0. The summed E-state index contributed by atoms with van der Waals surface area (Å²) in [5.41, 5.74) is 3.29. The molecule has 2 aliphatic carbocycles. The van der Waals surface area contributed by atoms with Crippen LogP contribution in [0.2, 0.25) is 0 Å². The van der Waals surface area contributed by atoms with E-state index in [9.17, 15) is 19.5 Å². The molecular weight excluding hydrogens is 432 g/mol. The van der Waals surface area contributed by atoms with Crippen LogP contribution in [0.1, 0.15) is 62.5 Å². The van der Waals surface area contributed by atoms with Gasteiger partial charge in [-0.15, -0.1) is 0 Å². The highest BCUT2D eigenvalue weighted by Crippen LogP contribution is 2.44. The van der Waals surface area contributed by atoms with Gasteiger partial charge in [-0.1, -0.05) is 74.7 Å². The second-order valence-corrected chi connectivity index (χ2v) is 9.23. The van der Waals surface area contributed by atoms with E-state index in [0.29, 0.717) is 19.3 Å². The predicted octanol–water partition coefficient (Wildman–Crippen LogP) is 4.55. The van der Waals surface area contributed by atoms with Crippen LogP contribution in [0.3, 0.4) is 0 Å². The molecule has 0 heterocycles. The van der Waals surface area contributed by atoms with E-state index in [1.807, 2.05) is 36.4 Å². The van der Waals surface area contributed by atoms with Crippen LogP contribution in [0.25, 0.3) is 11.1 Å². The summed E-state index contributed by atoms with van der Waals surface area (Å²) in [6, 6.07) is 15.3. The molecule has 0 aliphatic heterocycles. The van der Waals surface area contributed by atoms with E-state index in [4.69, 9.17) is 4.74 Å². The summed E-state index contributed by atoms with van der Waals surface area (Å²) in [4.78, 5) is 39.3. The lowest BCUT2D eigenvalue weighted by atomic mass is 9.80. The first-order valence-electron chi connectivity index (χ1n) is 12.0. The van der Waals surface area contributed by atoms with Crippen LogP contribution < -0.4 is 5.32 Å². The molecular formula is C27H32N2O5. The minimum Gasteiger partial charge on any atom is -0.479 e. The van der Waals surface area contributed by atoms with Crippen molar-refractivity contribution in [1.29, 1.82) is 0 Å². The molecule has 0 saturated heterocycles. The van der Waals surface area contributed by atoms with Gasteiger partial charge in [-0.05, 0) is 41.5 Å². The Hall–Kier alpha value is -3.35. The van der Waals surface area contributed by atoms with Gasteiger partial charge in [0, 0.05) is 13.0 Å². The van der Waals surface area contributed by atoms with Crippen LogP contribution in [-0.4, -0.2) is 53.2 Å². The number of aliphatic carboxylic acids is 1. The number of nitrogens with one attached hydrogen (secondary N) is 1. The summed E-state index contributed by atoms with van der Waals surface area (Å²) in [5, 5.41) is 12.6. The molecule has 180 valence electrons. The number of carbonyl (C=O) groups is 3. The average Bonchev–Trinajstić information content (AvgIpc) is 3.19. The second-order valence-electron chi connectivity index (χ2n) is 9.23. The van der Waals surface area contributed by atoms with Gasteiger partial charge < -0.3 is 20.1 Å². The maximum atomic E-state index is 13.2. The summed E-state index contributed by atoms with van der Waals surface area (Å²) in [5.74, 6) is -1.46. The third-order valence-corrected chi connectivity index (χ3v) is 7.39. The number of fused-ring (bicyclic) bond motifs is 3. The van der Waals surface area contributed by atoms with Crippen LogP contribution in [0.5, 0.6) is 0 Å².